The lowest BCUT2D eigenvalue weighted by Gasteiger charge is -2.19. The third kappa shape index (κ3) is 2.42. The van der Waals surface area contributed by atoms with Crippen molar-refractivity contribution in [1.82, 2.24) is 0 Å². The van der Waals surface area contributed by atoms with Gasteiger partial charge < -0.3 is 9.84 Å². The zero-order valence-electron chi connectivity index (χ0n) is 8.52. The van der Waals surface area contributed by atoms with Crippen molar-refractivity contribution in [1.29, 1.82) is 5.26 Å². The van der Waals surface area contributed by atoms with Crippen LogP contribution >= 0.6 is 45.2 Å². The maximum absolute atomic E-state index is 9.92. The minimum atomic E-state index is -0.315. The standard InChI is InChI=1S/C12H7I2NO2/c13-8-5-7(6-15)10(11(14)12(8)16)9-3-1-2-4-17-9/h1-5,9,16H. The molecule has 1 aromatic carbocycles. The first kappa shape index (κ1) is 12.7. The SMILES string of the molecule is N#Cc1cc(I)c(O)c(I)c1C1C=CC=CO1. The maximum Gasteiger partial charge on any atom is 0.144 e. The Morgan fingerprint density at radius 3 is 2.71 bits per heavy atom. The van der Waals surface area contributed by atoms with E-state index in [0.717, 1.165) is 0 Å². The Hall–Kier alpha value is -0.750. The monoisotopic (exact) mass is 451 g/mol. The lowest BCUT2D eigenvalue weighted by atomic mass is 10.0. The zero-order chi connectivity index (χ0) is 12.4. The van der Waals surface area contributed by atoms with E-state index in [-0.39, 0.29) is 11.9 Å². The Labute approximate surface area is 126 Å². The van der Waals surface area contributed by atoms with Gasteiger partial charge in [0.25, 0.3) is 0 Å². The maximum atomic E-state index is 9.92. The van der Waals surface area contributed by atoms with E-state index >= 15 is 0 Å². The first-order valence-corrected chi connectivity index (χ1v) is 6.90. The van der Waals surface area contributed by atoms with Crippen molar-refractivity contribution >= 4 is 45.2 Å². The summed E-state index contributed by atoms with van der Waals surface area (Å²) < 4.78 is 6.78. The molecule has 0 aliphatic carbocycles. The topological polar surface area (TPSA) is 53.2 Å². The van der Waals surface area contributed by atoms with Crippen LogP contribution < -0.4 is 0 Å². The van der Waals surface area contributed by atoms with E-state index in [4.69, 9.17) is 10.00 Å². The van der Waals surface area contributed by atoms with E-state index in [1.54, 1.807) is 18.4 Å². The molecule has 5 heteroatoms. The van der Waals surface area contributed by atoms with Crippen molar-refractivity contribution < 1.29 is 9.84 Å². The van der Waals surface area contributed by atoms with Gasteiger partial charge in [0, 0.05) is 5.56 Å². The molecule has 0 amide bonds. The summed E-state index contributed by atoms with van der Waals surface area (Å²) in [6, 6.07) is 3.81. The summed E-state index contributed by atoms with van der Waals surface area (Å²) in [6.07, 6.45) is 6.76. The van der Waals surface area contributed by atoms with Crippen LogP contribution in [-0.4, -0.2) is 5.11 Å². The molecule has 0 bridgehead atoms. The number of hydrogen-bond acceptors (Lipinski definition) is 3. The van der Waals surface area contributed by atoms with E-state index in [9.17, 15) is 5.11 Å². The number of ether oxygens (including phenoxy) is 1. The van der Waals surface area contributed by atoms with Crippen LogP contribution in [0.1, 0.15) is 17.2 Å². The van der Waals surface area contributed by atoms with Crippen LogP contribution in [0, 0.1) is 18.5 Å². The van der Waals surface area contributed by atoms with Gasteiger partial charge in [-0.15, -0.1) is 0 Å². The molecule has 0 spiro atoms. The van der Waals surface area contributed by atoms with Crippen LogP contribution in [0.2, 0.25) is 0 Å². The number of aromatic hydroxyl groups is 1. The molecule has 86 valence electrons. The molecule has 1 atom stereocenters. The molecule has 0 fully saturated rings. The highest BCUT2D eigenvalue weighted by Crippen LogP contribution is 2.37. The second-order valence-electron chi connectivity index (χ2n) is 3.36. The van der Waals surface area contributed by atoms with Crippen molar-refractivity contribution in [3.05, 3.63) is 48.8 Å². The van der Waals surface area contributed by atoms with E-state index in [0.29, 0.717) is 18.3 Å². The predicted molar refractivity (Wildman–Crippen MR) is 80.4 cm³/mol. The third-order valence-corrected chi connectivity index (χ3v) is 4.25. The fraction of sp³-hybridized carbons (Fsp3) is 0.0833. The Morgan fingerprint density at radius 1 is 1.35 bits per heavy atom. The van der Waals surface area contributed by atoms with Crippen molar-refractivity contribution in [3.8, 4) is 11.8 Å². The number of phenols is 1. The van der Waals surface area contributed by atoms with Crippen molar-refractivity contribution in [2.75, 3.05) is 0 Å². The summed E-state index contributed by atoms with van der Waals surface area (Å²) in [7, 11) is 0. The second-order valence-corrected chi connectivity index (χ2v) is 5.61. The highest BCUT2D eigenvalue weighted by atomic mass is 127. The van der Waals surface area contributed by atoms with E-state index in [1.807, 2.05) is 57.3 Å². The van der Waals surface area contributed by atoms with Crippen molar-refractivity contribution in [2.45, 2.75) is 6.10 Å². The molecule has 1 N–H and O–H groups in total. The molecule has 0 saturated carbocycles. The van der Waals surface area contributed by atoms with Crippen LogP contribution in [0.4, 0.5) is 0 Å². The van der Waals surface area contributed by atoms with Gasteiger partial charge in [-0.3, -0.25) is 0 Å². The number of phenolic OH excluding ortho intramolecular Hbond substituents is 1. The number of allylic oxidation sites excluding steroid dienone is 2. The minimum absolute atomic E-state index is 0.201. The fourth-order valence-electron chi connectivity index (χ4n) is 1.54. The van der Waals surface area contributed by atoms with Crippen LogP contribution in [-0.2, 0) is 4.74 Å². The Bertz CT molecular complexity index is 559. The molecule has 0 aromatic heterocycles. The Kier molecular flexibility index (Phi) is 3.93. The fourth-order valence-corrected chi connectivity index (χ4v) is 3.53. The Morgan fingerprint density at radius 2 is 2.12 bits per heavy atom. The number of nitrogens with zero attached hydrogens (tertiary/aromatic N) is 1. The second kappa shape index (κ2) is 5.27. The molecular formula is C12H7I2NO2. The van der Waals surface area contributed by atoms with Crippen LogP contribution in [0.25, 0.3) is 0 Å². The summed E-state index contributed by atoms with van der Waals surface area (Å²) in [4.78, 5) is 0. The van der Waals surface area contributed by atoms with E-state index in [2.05, 4.69) is 6.07 Å². The minimum Gasteiger partial charge on any atom is -0.506 e. The molecule has 0 radical (unpaired) electrons. The highest BCUT2D eigenvalue weighted by molar-refractivity contribution is 14.1. The quantitative estimate of drug-likeness (QED) is 0.665. The average Bonchev–Trinajstić information content (AvgIpc) is 2.36. The summed E-state index contributed by atoms with van der Waals surface area (Å²) >= 11 is 4.05. The predicted octanol–water partition coefficient (Wildman–Crippen LogP) is 3.61. The molecular weight excluding hydrogens is 444 g/mol. The molecule has 2 rings (SSSR count). The zero-order valence-corrected chi connectivity index (χ0v) is 12.8. The first-order chi connectivity index (χ1) is 8.15. The van der Waals surface area contributed by atoms with Gasteiger partial charge >= 0.3 is 0 Å². The van der Waals surface area contributed by atoms with Gasteiger partial charge in [-0.2, -0.15) is 5.26 Å². The van der Waals surface area contributed by atoms with Crippen LogP contribution in [0.3, 0.4) is 0 Å². The summed E-state index contributed by atoms with van der Waals surface area (Å²) in [6.45, 7) is 0. The molecule has 3 nitrogen and oxygen atoms in total. The number of benzene rings is 1. The van der Waals surface area contributed by atoms with E-state index in [1.165, 1.54) is 0 Å². The third-order valence-electron chi connectivity index (χ3n) is 2.34. The number of nitriles is 1. The molecule has 1 aliphatic rings. The molecule has 1 aromatic rings. The number of hydrogen-bond donors (Lipinski definition) is 1. The lowest BCUT2D eigenvalue weighted by molar-refractivity contribution is 0.185. The summed E-state index contributed by atoms with van der Waals surface area (Å²) in [5.41, 5.74) is 1.24. The normalized spacial score (nSPS) is 17.6. The van der Waals surface area contributed by atoms with Gasteiger partial charge in [-0.05, 0) is 63.4 Å². The average molecular weight is 451 g/mol. The summed E-state index contributed by atoms with van der Waals surface area (Å²) in [5, 5.41) is 19.1. The van der Waals surface area contributed by atoms with Crippen LogP contribution in [0.15, 0.2) is 30.6 Å². The van der Waals surface area contributed by atoms with Crippen molar-refractivity contribution in [3.63, 3.8) is 0 Å². The molecule has 17 heavy (non-hydrogen) atoms. The molecule has 1 aliphatic heterocycles. The summed E-state index contributed by atoms with van der Waals surface area (Å²) in [5.74, 6) is 0.201. The first-order valence-electron chi connectivity index (χ1n) is 4.75. The van der Waals surface area contributed by atoms with Gasteiger partial charge in [0.15, 0.2) is 0 Å². The van der Waals surface area contributed by atoms with Gasteiger partial charge in [-0.25, -0.2) is 0 Å². The van der Waals surface area contributed by atoms with Gasteiger partial charge in [0.2, 0.25) is 0 Å². The smallest absolute Gasteiger partial charge is 0.144 e. The lowest BCUT2D eigenvalue weighted by Crippen LogP contribution is -2.06. The highest BCUT2D eigenvalue weighted by Gasteiger charge is 2.22. The molecule has 1 heterocycles. The van der Waals surface area contributed by atoms with Crippen LogP contribution in [0.5, 0.6) is 5.75 Å². The number of halogens is 2. The van der Waals surface area contributed by atoms with Gasteiger partial charge in [-0.1, -0.05) is 6.08 Å². The Balaban J connectivity index is 2.60. The van der Waals surface area contributed by atoms with Crippen molar-refractivity contribution in [2.24, 2.45) is 0 Å². The van der Waals surface area contributed by atoms with Gasteiger partial charge in [0.1, 0.15) is 11.9 Å². The molecule has 0 saturated heterocycles. The number of rotatable bonds is 1. The van der Waals surface area contributed by atoms with E-state index < -0.39 is 0 Å². The largest absolute Gasteiger partial charge is 0.506 e. The molecule has 1 unspecified atom stereocenters. The van der Waals surface area contributed by atoms with Gasteiger partial charge in [0.05, 0.1) is 25.0 Å².